The van der Waals surface area contributed by atoms with Crippen molar-refractivity contribution in [1.82, 2.24) is 0 Å². The second-order valence-corrected chi connectivity index (χ2v) is 8.03. The summed E-state index contributed by atoms with van der Waals surface area (Å²) in [4.78, 5) is 11.1. The maximum atomic E-state index is 11.1. The lowest BCUT2D eigenvalue weighted by Crippen LogP contribution is -2.24. The summed E-state index contributed by atoms with van der Waals surface area (Å²) in [6, 6.07) is 12.6. The Morgan fingerprint density at radius 3 is 2.69 bits per heavy atom. The molecule has 0 N–H and O–H groups in total. The van der Waals surface area contributed by atoms with Gasteiger partial charge in [-0.15, -0.1) is 0 Å². The van der Waals surface area contributed by atoms with Gasteiger partial charge in [-0.1, -0.05) is 48.6 Å². The van der Waals surface area contributed by atoms with E-state index >= 15 is 0 Å². The molecule has 2 atom stereocenters. The van der Waals surface area contributed by atoms with Crippen LogP contribution in [-0.4, -0.2) is 39.5 Å². The highest BCUT2D eigenvalue weighted by Crippen LogP contribution is 2.49. The minimum absolute atomic E-state index is 0.0147. The van der Waals surface area contributed by atoms with E-state index in [-0.39, 0.29) is 18.5 Å². The van der Waals surface area contributed by atoms with Crippen molar-refractivity contribution in [2.24, 2.45) is 5.92 Å². The van der Waals surface area contributed by atoms with Gasteiger partial charge < -0.3 is 18.9 Å². The Balaban J connectivity index is 1.75. The van der Waals surface area contributed by atoms with Crippen LogP contribution < -0.4 is 4.74 Å². The summed E-state index contributed by atoms with van der Waals surface area (Å²) >= 11 is 0. The van der Waals surface area contributed by atoms with Gasteiger partial charge in [0.1, 0.15) is 31.3 Å². The first-order valence-electron chi connectivity index (χ1n) is 11.2. The van der Waals surface area contributed by atoms with Crippen molar-refractivity contribution in [3.8, 4) is 5.75 Å². The van der Waals surface area contributed by atoms with Gasteiger partial charge in [-0.3, -0.25) is 4.79 Å². The fraction of sp³-hybridized carbons (Fsp3) is 0.370. The van der Waals surface area contributed by atoms with Crippen LogP contribution in [0.1, 0.15) is 31.2 Å². The second-order valence-electron chi connectivity index (χ2n) is 8.03. The lowest BCUT2D eigenvalue weighted by Gasteiger charge is -2.36. The summed E-state index contributed by atoms with van der Waals surface area (Å²) in [7, 11) is 1.68. The van der Waals surface area contributed by atoms with Crippen LogP contribution in [0.15, 0.2) is 72.0 Å². The zero-order valence-electron chi connectivity index (χ0n) is 18.7. The zero-order chi connectivity index (χ0) is 22.3. The predicted octanol–water partition coefficient (Wildman–Crippen LogP) is 5.32. The van der Waals surface area contributed by atoms with E-state index in [9.17, 15) is 4.79 Å². The van der Waals surface area contributed by atoms with Gasteiger partial charge in [-0.2, -0.15) is 0 Å². The molecule has 4 rings (SSSR count). The minimum Gasteiger partial charge on any atom is -0.494 e. The molecule has 0 aromatic heterocycles. The first-order chi connectivity index (χ1) is 15.7. The number of carbonyl (C=O) groups excluding carboxylic acids is 1. The van der Waals surface area contributed by atoms with E-state index in [2.05, 4.69) is 60.7 Å². The van der Waals surface area contributed by atoms with Crippen LogP contribution in [0.3, 0.4) is 0 Å². The van der Waals surface area contributed by atoms with Crippen molar-refractivity contribution in [3.63, 3.8) is 0 Å². The maximum absolute atomic E-state index is 11.1. The summed E-state index contributed by atoms with van der Waals surface area (Å²) in [6.45, 7) is 2.96. The topological polar surface area (TPSA) is 54.0 Å². The molecule has 32 heavy (non-hydrogen) atoms. The number of esters is 1. The molecule has 5 nitrogen and oxygen atoms in total. The van der Waals surface area contributed by atoms with Gasteiger partial charge in [0.25, 0.3) is 0 Å². The highest BCUT2D eigenvalue weighted by atomic mass is 16.6. The number of methoxy groups -OCH3 is 1. The standard InChI is InChI=1S/C27H30O5/c1-19(28)30-17-18-32-25-14-12-21-8-4-6-10-23(21)27(25)26-22-9-5-3-7-20(22)11-13-24(26)31-16-15-29-2/h3-5,7-9,11-14,23,27H,6,10,15-18H2,1-2H3. The third-order valence-corrected chi connectivity index (χ3v) is 5.98. The van der Waals surface area contributed by atoms with Gasteiger partial charge in [0.2, 0.25) is 0 Å². The molecule has 0 radical (unpaired) electrons. The summed E-state index contributed by atoms with van der Waals surface area (Å²) < 4.78 is 22.7. The fourth-order valence-electron chi connectivity index (χ4n) is 4.59. The molecule has 0 fully saturated rings. The van der Waals surface area contributed by atoms with Crippen molar-refractivity contribution < 1.29 is 23.7 Å². The lowest BCUT2D eigenvalue weighted by molar-refractivity contribution is -0.142. The van der Waals surface area contributed by atoms with E-state index in [1.165, 1.54) is 17.9 Å². The number of hydrogen-bond acceptors (Lipinski definition) is 5. The molecule has 2 aromatic carbocycles. The van der Waals surface area contributed by atoms with Crippen LogP contribution >= 0.6 is 0 Å². The van der Waals surface area contributed by atoms with Crippen molar-refractivity contribution >= 4 is 16.7 Å². The normalized spacial score (nSPS) is 19.7. The molecular formula is C27H30O5. The second kappa shape index (κ2) is 10.5. The Bertz CT molecular complexity index is 1050. The quantitative estimate of drug-likeness (QED) is 0.395. The van der Waals surface area contributed by atoms with E-state index in [1.54, 1.807) is 7.11 Å². The monoisotopic (exact) mass is 434 g/mol. The molecule has 0 bridgehead atoms. The third kappa shape index (κ3) is 4.89. The Morgan fingerprint density at radius 2 is 1.84 bits per heavy atom. The number of fused-ring (bicyclic) bond motifs is 2. The van der Waals surface area contributed by atoms with E-state index in [1.807, 2.05) is 0 Å². The van der Waals surface area contributed by atoms with Gasteiger partial charge in [0.15, 0.2) is 0 Å². The van der Waals surface area contributed by atoms with Crippen LogP contribution in [0, 0.1) is 5.92 Å². The molecule has 0 amide bonds. The lowest BCUT2D eigenvalue weighted by atomic mass is 9.71. The van der Waals surface area contributed by atoms with E-state index in [0.717, 1.165) is 35.3 Å². The molecule has 2 aliphatic rings. The Hall–Kier alpha value is -3.05. The number of allylic oxidation sites excluding steroid dienone is 6. The van der Waals surface area contributed by atoms with E-state index in [4.69, 9.17) is 18.9 Å². The molecule has 0 spiro atoms. The Kier molecular flexibility index (Phi) is 7.28. The first kappa shape index (κ1) is 22.2. The van der Waals surface area contributed by atoms with E-state index in [0.29, 0.717) is 25.7 Å². The molecule has 0 saturated carbocycles. The van der Waals surface area contributed by atoms with Crippen LogP contribution in [0.5, 0.6) is 5.75 Å². The predicted molar refractivity (Wildman–Crippen MR) is 125 cm³/mol. The van der Waals surface area contributed by atoms with Gasteiger partial charge in [0, 0.05) is 19.6 Å². The van der Waals surface area contributed by atoms with Crippen molar-refractivity contribution in [2.75, 3.05) is 33.5 Å². The number of hydrogen-bond donors (Lipinski definition) is 0. The highest BCUT2D eigenvalue weighted by molar-refractivity contribution is 5.89. The van der Waals surface area contributed by atoms with Gasteiger partial charge in [-0.05, 0) is 47.2 Å². The molecule has 2 aliphatic carbocycles. The molecule has 0 saturated heterocycles. The Labute approximate surface area is 189 Å². The fourth-order valence-corrected chi connectivity index (χ4v) is 4.59. The van der Waals surface area contributed by atoms with Crippen molar-refractivity contribution in [2.45, 2.75) is 25.7 Å². The average Bonchev–Trinajstić information content (AvgIpc) is 2.81. The van der Waals surface area contributed by atoms with Gasteiger partial charge in [-0.25, -0.2) is 0 Å². The Morgan fingerprint density at radius 1 is 1.00 bits per heavy atom. The first-order valence-corrected chi connectivity index (χ1v) is 11.2. The van der Waals surface area contributed by atoms with E-state index < -0.39 is 0 Å². The molecule has 0 heterocycles. The molecule has 0 aliphatic heterocycles. The summed E-state index contributed by atoms with van der Waals surface area (Å²) in [5.41, 5.74) is 2.45. The summed E-state index contributed by atoms with van der Waals surface area (Å²) in [6.07, 6.45) is 10.7. The van der Waals surface area contributed by atoms with Crippen LogP contribution in [-0.2, 0) is 19.0 Å². The van der Waals surface area contributed by atoms with Gasteiger partial charge >= 0.3 is 5.97 Å². The number of carbonyl (C=O) groups is 1. The minimum atomic E-state index is -0.301. The van der Waals surface area contributed by atoms with Crippen molar-refractivity contribution in [3.05, 3.63) is 77.6 Å². The van der Waals surface area contributed by atoms with Gasteiger partial charge in [0.05, 0.1) is 12.5 Å². The number of ether oxygens (including phenoxy) is 4. The molecule has 168 valence electrons. The van der Waals surface area contributed by atoms with Crippen LogP contribution in [0.25, 0.3) is 10.8 Å². The molecule has 2 unspecified atom stereocenters. The smallest absolute Gasteiger partial charge is 0.302 e. The molecule has 5 heteroatoms. The SMILES string of the molecule is COCCOc1ccc2ccccc2c1C1C(OCCOC(C)=O)=CC=C2C=CCCC21. The van der Waals surface area contributed by atoms with Crippen LogP contribution in [0.4, 0.5) is 0 Å². The summed E-state index contributed by atoms with van der Waals surface area (Å²) in [5, 5.41) is 2.33. The zero-order valence-corrected chi connectivity index (χ0v) is 18.7. The highest BCUT2D eigenvalue weighted by Gasteiger charge is 2.36. The number of benzene rings is 2. The molecule has 2 aromatic rings. The largest absolute Gasteiger partial charge is 0.494 e. The number of rotatable bonds is 9. The van der Waals surface area contributed by atoms with Crippen LogP contribution in [0.2, 0.25) is 0 Å². The van der Waals surface area contributed by atoms with Crippen molar-refractivity contribution in [1.29, 1.82) is 0 Å². The summed E-state index contributed by atoms with van der Waals surface area (Å²) in [5.74, 6) is 1.75. The molecular weight excluding hydrogens is 404 g/mol. The average molecular weight is 435 g/mol. The third-order valence-electron chi connectivity index (χ3n) is 5.98. The maximum Gasteiger partial charge on any atom is 0.302 e.